The number of nitrogens with zero attached hydrogens (tertiary/aromatic N) is 2. The van der Waals surface area contributed by atoms with Crippen molar-refractivity contribution in [2.45, 2.75) is 90.2 Å². The van der Waals surface area contributed by atoms with Gasteiger partial charge in [-0.05, 0) is 64.3 Å². The smallest absolute Gasteiger partial charge is 0.402 e. The molecule has 0 atom stereocenters. The maximum absolute atomic E-state index is 13.1. The Kier molecular flexibility index (Phi) is 8.10. The molecule has 0 bridgehead atoms. The minimum Gasteiger partial charge on any atom is -0.496 e. The van der Waals surface area contributed by atoms with E-state index >= 15 is 0 Å². The summed E-state index contributed by atoms with van der Waals surface area (Å²) in [6, 6.07) is 6.24. The molecule has 1 aromatic carbocycles. The van der Waals surface area contributed by atoms with Crippen molar-refractivity contribution in [1.29, 1.82) is 0 Å². The van der Waals surface area contributed by atoms with Gasteiger partial charge in [-0.2, -0.15) is 0 Å². The highest BCUT2D eigenvalue weighted by molar-refractivity contribution is 8.76. The number of aromatic nitrogens is 3. The summed E-state index contributed by atoms with van der Waals surface area (Å²) in [5, 5.41) is 0. The number of H-pyrrole nitrogens is 1. The molecule has 1 aliphatic rings. The lowest BCUT2D eigenvalue weighted by Gasteiger charge is -2.21. The maximum atomic E-state index is 13.1. The number of hydrogen-bond acceptors (Lipinski definition) is 5. The summed E-state index contributed by atoms with van der Waals surface area (Å²) in [6.45, 7) is 12.5. The van der Waals surface area contributed by atoms with Crippen molar-refractivity contribution < 1.29 is 14.1 Å². The minimum absolute atomic E-state index is 0.264. The van der Waals surface area contributed by atoms with Crippen LogP contribution in [0.2, 0.25) is 0 Å². The number of rotatable bonds is 11. The Morgan fingerprint density at radius 1 is 1.03 bits per heavy atom. The highest BCUT2D eigenvalue weighted by Crippen LogP contribution is 2.47. The zero-order valence-corrected chi connectivity index (χ0v) is 24.4. The second-order valence-corrected chi connectivity index (χ2v) is 13.5. The first kappa shape index (κ1) is 27.1. The minimum atomic E-state index is -0.508. The number of nitrogens with one attached hydrogen (secondary N) is 1. The van der Waals surface area contributed by atoms with Gasteiger partial charge in [0.25, 0.3) is 0 Å². The number of fused-ring (bicyclic) bond motifs is 2. The molecule has 36 heavy (non-hydrogen) atoms. The predicted molar refractivity (Wildman–Crippen MR) is 152 cm³/mol. The topological polar surface area (TPSA) is 58.9 Å². The molecule has 0 spiro atoms. The monoisotopic (exact) mass is 526 g/mol. The SMILES string of the molecule is CCCCCCCSSCc1c(C)c(OC)cc[n+]1-c1nc2cc3c(cc2[nH]1)C(C)(C)C(=O)C3(C)C. The molecule has 1 aliphatic carbocycles. The van der Waals surface area contributed by atoms with Gasteiger partial charge in [0.15, 0.2) is 11.3 Å². The van der Waals surface area contributed by atoms with Gasteiger partial charge in [-0.25, -0.2) is 9.55 Å². The quantitative estimate of drug-likeness (QED) is 0.163. The average Bonchev–Trinajstić information content (AvgIpc) is 3.32. The number of unbranched alkanes of at least 4 members (excludes halogenated alkanes) is 4. The van der Waals surface area contributed by atoms with Crippen molar-refractivity contribution in [1.82, 2.24) is 9.97 Å². The van der Waals surface area contributed by atoms with Gasteiger partial charge in [0.2, 0.25) is 0 Å². The summed E-state index contributed by atoms with van der Waals surface area (Å²) in [5.41, 5.74) is 5.34. The standard InChI is InChI=1S/C29H40N3O2S2/c1-8-9-10-11-12-15-35-36-18-24-19(2)25(34-7)13-14-32(24)27-30-22-16-20-21(17-23(22)31-27)29(5,6)26(33)28(20,3)4/h13-14,16-17H,8-12,15,18H2,1-7H3,(H,30,31)/q+1. The van der Waals surface area contributed by atoms with Gasteiger partial charge in [0.05, 0.1) is 19.1 Å². The molecule has 4 rings (SSSR count). The lowest BCUT2D eigenvalue weighted by Crippen LogP contribution is -2.37. The molecule has 0 fully saturated rings. The molecule has 3 aromatic rings. The average molecular weight is 527 g/mol. The van der Waals surface area contributed by atoms with Crippen LogP contribution in [0, 0.1) is 6.92 Å². The first-order chi connectivity index (χ1) is 17.1. The number of ketones is 1. The Morgan fingerprint density at radius 3 is 2.42 bits per heavy atom. The fourth-order valence-corrected chi connectivity index (χ4v) is 7.70. The van der Waals surface area contributed by atoms with Crippen LogP contribution in [0.4, 0.5) is 0 Å². The van der Waals surface area contributed by atoms with E-state index in [-0.39, 0.29) is 5.78 Å². The molecule has 5 nitrogen and oxygen atoms in total. The van der Waals surface area contributed by atoms with Crippen molar-refractivity contribution in [2.24, 2.45) is 0 Å². The number of carbonyl (C=O) groups excluding carboxylic acids is 1. The Balaban J connectivity index is 1.62. The van der Waals surface area contributed by atoms with E-state index in [2.05, 4.69) is 35.5 Å². The molecule has 0 aliphatic heterocycles. The Hall–Kier alpha value is -1.99. The normalized spacial score (nSPS) is 16.0. The van der Waals surface area contributed by atoms with Gasteiger partial charge >= 0.3 is 5.95 Å². The fourth-order valence-electron chi connectivity index (χ4n) is 5.42. The number of imidazole rings is 1. The largest absolute Gasteiger partial charge is 0.496 e. The predicted octanol–water partition coefficient (Wildman–Crippen LogP) is 7.15. The van der Waals surface area contributed by atoms with Crippen LogP contribution in [0.25, 0.3) is 17.0 Å². The second kappa shape index (κ2) is 10.8. The second-order valence-electron chi connectivity index (χ2n) is 10.9. The Bertz CT molecular complexity index is 1210. The first-order valence-corrected chi connectivity index (χ1v) is 15.5. The molecule has 0 radical (unpaired) electrons. The highest BCUT2D eigenvalue weighted by atomic mass is 33.1. The van der Waals surface area contributed by atoms with Gasteiger partial charge < -0.3 is 4.74 Å². The molecule has 0 unspecified atom stereocenters. The summed E-state index contributed by atoms with van der Waals surface area (Å²) in [5.74, 6) is 3.99. The molecule has 0 saturated heterocycles. The van der Waals surface area contributed by atoms with E-state index in [0.717, 1.165) is 45.2 Å². The molecule has 1 N–H and O–H groups in total. The van der Waals surface area contributed by atoms with Crippen molar-refractivity contribution in [3.05, 3.63) is 46.8 Å². The zero-order chi connectivity index (χ0) is 26.1. The molecular weight excluding hydrogens is 486 g/mol. The van der Waals surface area contributed by atoms with Crippen molar-refractivity contribution in [2.75, 3.05) is 12.9 Å². The van der Waals surface area contributed by atoms with E-state index in [1.54, 1.807) is 7.11 Å². The van der Waals surface area contributed by atoms with Crippen LogP contribution in [-0.2, 0) is 21.4 Å². The van der Waals surface area contributed by atoms with Crippen molar-refractivity contribution >= 4 is 38.4 Å². The Morgan fingerprint density at radius 2 is 1.72 bits per heavy atom. The number of Topliss-reactive ketones (excluding diaryl/α,β-unsaturated/α-hetero) is 1. The number of hydrogen-bond donors (Lipinski definition) is 1. The lowest BCUT2D eigenvalue weighted by molar-refractivity contribution is -0.610. The summed E-state index contributed by atoms with van der Waals surface area (Å²) in [6.07, 6.45) is 8.61. The number of aromatic amines is 1. The van der Waals surface area contributed by atoms with E-state index in [1.807, 2.05) is 61.5 Å². The van der Waals surface area contributed by atoms with E-state index in [0.29, 0.717) is 0 Å². The van der Waals surface area contributed by atoms with E-state index in [4.69, 9.17) is 9.72 Å². The zero-order valence-electron chi connectivity index (χ0n) is 22.8. The molecule has 194 valence electrons. The number of benzene rings is 1. The fraction of sp³-hybridized carbons (Fsp3) is 0.552. The number of ether oxygens (including phenoxy) is 1. The highest BCUT2D eigenvalue weighted by Gasteiger charge is 2.50. The third-order valence-corrected chi connectivity index (χ3v) is 9.98. The number of carbonyl (C=O) groups is 1. The van der Waals surface area contributed by atoms with Crippen LogP contribution in [0.3, 0.4) is 0 Å². The van der Waals surface area contributed by atoms with Gasteiger partial charge in [-0.1, -0.05) is 59.2 Å². The van der Waals surface area contributed by atoms with Crippen LogP contribution in [0.15, 0.2) is 24.4 Å². The Labute approximate surface area is 223 Å². The lowest BCUT2D eigenvalue weighted by atomic mass is 9.80. The van der Waals surface area contributed by atoms with Crippen LogP contribution in [0.5, 0.6) is 5.75 Å². The summed E-state index contributed by atoms with van der Waals surface area (Å²) >= 11 is 0. The third kappa shape index (κ3) is 4.93. The summed E-state index contributed by atoms with van der Waals surface area (Å²) in [4.78, 5) is 21.6. The van der Waals surface area contributed by atoms with Crippen LogP contribution in [-0.4, -0.2) is 28.6 Å². The van der Waals surface area contributed by atoms with E-state index in [1.165, 1.54) is 43.6 Å². The number of pyridine rings is 1. The molecule has 0 amide bonds. The van der Waals surface area contributed by atoms with Gasteiger partial charge in [0.1, 0.15) is 17.0 Å². The summed E-state index contributed by atoms with van der Waals surface area (Å²) in [7, 11) is 5.57. The molecule has 7 heteroatoms. The first-order valence-electron chi connectivity index (χ1n) is 13.1. The van der Waals surface area contributed by atoms with Crippen LogP contribution < -0.4 is 9.30 Å². The van der Waals surface area contributed by atoms with Crippen molar-refractivity contribution in [3.63, 3.8) is 0 Å². The van der Waals surface area contributed by atoms with Gasteiger partial charge in [-0.15, -0.1) is 0 Å². The maximum Gasteiger partial charge on any atom is 0.402 e. The van der Waals surface area contributed by atoms with Gasteiger partial charge in [-0.3, -0.25) is 4.79 Å². The van der Waals surface area contributed by atoms with Gasteiger partial charge in [0, 0.05) is 28.2 Å². The molecular formula is C29H40N3O2S2+. The van der Waals surface area contributed by atoms with Crippen LogP contribution in [0.1, 0.15) is 89.1 Å². The summed E-state index contributed by atoms with van der Waals surface area (Å²) < 4.78 is 7.79. The van der Waals surface area contributed by atoms with E-state index in [9.17, 15) is 4.79 Å². The third-order valence-electron chi connectivity index (χ3n) is 7.62. The van der Waals surface area contributed by atoms with E-state index < -0.39 is 10.8 Å². The molecule has 2 heterocycles. The van der Waals surface area contributed by atoms with Crippen LogP contribution >= 0.6 is 21.6 Å². The van der Waals surface area contributed by atoms with Crippen molar-refractivity contribution in [3.8, 4) is 11.7 Å². The molecule has 2 aromatic heterocycles. The number of methoxy groups -OCH3 is 1. The molecule has 0 saturated carbocycles.